The maximum absolute atomic E-state index is 10.6. The van der Waals surface area contributed by atoms with E-state index in [9.17, 15) is 29.7 Å². The third kappa shape index (κ3) is 5.71. The second-order valence-corrected chi connectivity index (χ2v) is 5.68. The van der Waals surface area contributed by atoms with Crippen LogP contribution in [0.15, 0.2) is 0 Å². The molecule has 6 atom stereocenters. The smallest absolute Gasteiger partial charge is 0.809 e. The average molecular weight is 300 g/mol. The molecule has 1 fully saturated rings. The van der Waals surface area contributed by atoms with Crippen LogP contribution in [0.2, 0.25) is 0 Å². The summed E-state index contributed by atoms with van der Waals surface area (Å²) in [6.45, 7) is 0. The van der Waals surface area contributed by atoms with Gasteiger partial charge >= 0.3 is 37.7 Å². The van der Waals surface area contributed by atoms with Gasteiger partial charge in [-0.2, -0.15) is 0 Å². The van der Waals surface area contributed by atoms with Gasteiger partial charge in [0.05, 0.1) is 11.9 Å². The molecule has 1 heterocycles. The van der Waals surface area contributed by atoms with Crippen molar-refractivity contribution in [1.82, 2.24) is 0 Å². The van der Waals surface area contributed by atoms with Gasteiger partial charge < -0.3 is 44.3 Å². The van der Waals surface area contributed by atoms with E-state index in [0.717, 1.165) is 7.11 Å². The number of ether oxygens (including phenoxy) is 2. The number of rotatable bonds is 4. The summed E-state index contributed by atoms with van der Waals surface area (Å²) in [5.74, 6) is -2.25. The van der Waals surface area contributed by atoms with Crippen molar-refractivity contribution in [2.75, 3.05) is 7.11 Å². The molecule has 0 amide bonds. The van der Waals surface area contributed by atoms with E-state index in [2.05, 4.69) is 4.74 Å². The van der Waals surface area contributed by atoms with E-state index in [0.29, 0.717) is 0 Å². The van der Waals surface area contributed by atoms with E-state index in [4.69, 9.17) is 9.84 Å². The molecule has 0 aromatic rings. The van der Waals surface area contributed by atoms with Crippen LogP contribution in [-0.2, 0) is 14.0 Å². The van der Waals surface area contributed by atoms with Crippen molar-refractivity contribution in [2.45, 2.75) is 43.0 Å². The van der Waals surface area contributed by atoms with Crippen LogP contribution in [0.25, 0.3) is 0 Å². The van der Waals surface area contributed by atoms with E-state index in [1.165, 1.54) is 0 Å². The second-order valence-electron chi connectivity index (χ2n) is 4.01. The van der Waals surface area contributed by atoms with E-state index >= 15 is 0 Å². The van der Waals surface area contributed by atoms with Gasteiger partial charge in [0.2, 0.25) is 0 Å². The molecule has 1 saturated heterocycles. The van der Waals surface area contributed by atoms with Gasteiger partial charge in [-0.1, -0.05) is 0 Å². The summed E-state index contributed by atoms with van der Waals surface area (Å²) in [5, 5.41) is 37.5. The Hall–Kier alpha value is 1.10. The van der Waals surface area contributed by atoms with Crippen molar-refractivity contribution in [3.63, 3.8) is 0 Å². The van der Waals surface area contributed by atoms with Crippen LogP contribution in [0.1, 0.15) is 6.42 Å². The van der Waals surface area contributed by atoms with Crippen molar-refractivity contribution >= 4 is 7.60 Å². The van der Waals surface area contributed by atoms with Gasteiger partial charge in [0, 0.05) is 13.5 Å². The minimum absolute atomic E-state index is 0. The predicted octanol–water partition coefficient (Wildman–Crippen LogP) is -9.93. The molecule has 4 N–H and O–H groups in total. The molecule has 0 aromatic carbocycles. The normalized spacial score (nSPS) is 35.6. The Morgan fingerprint density at radius 2 is 1.70 bits per heavy atom. The van der Waals surface area contributed by atoms with E-state index in [1.807, 2.05) is 0 Å². The number of hydrogen-bond donors (Lipinski definition) is 4. The molecule has 0 saturated carbocycles. The Balaban J connectivity index is 0. The van der Waals surface area contributed by atoms with Crippen molar-refractivity contribution < 1.29 is 82.0 Å². The molecular formula is C8H15Li2O9P. The first-order valence-electron chi connectivity index (χ1n) is 5.10. The SMILES string of the molecule is CO[C@H]1O[C@H](CC(O)P(=O)([O-])[O-])[C@@H](O)[C@H](O)[C@H]1O.[Li+].[Li+]. The number of aliphatic hydroxyl groups excluding tert-OH is 4. The Bertz CT molecular complexity index is 325. The second kappa shape index (κ2) is 9.29. The number of aliphatic hydroxyl groups is 4. The Labute approximate surface area is 139 Å². The van der Waals surface area contributed by atoms with Crippen molar-refractivity contribution in [3.05, 3.63) is 0 Å². The summed E-state index contributed by atoms with van der Waals surface area (Å²) >= 11 is 0. The maximum atomic E-state index is 10.6. The molecule has 12 heteroatoms. The first-order valence-corrected chi connectivity index (χ1v) is 6.72. The standard InChI is InChI=1S/C8H17O9P.2Li/c1-16-8-7(12)6(11)5(10)3(17-8)2-4(9)18(13,14)15;;/h3-12H,2H2,1H3,(H2,13,14,15);;/q;2*+1/p-2/t3-,4?,5-,6+,7-,8+;;/m1../s1. The zero-order valence-electron chi connectivity index (χ0n) is 11.4. The monoisotopic (exact) mass is 300 g/mol. The predicted molar refractivity (Wildman–Crippen MR) is 51.9 cm³/mol. The molecule has 1 unspecified atom stereocenters. The van der Waals surface area contributed by atoms with E-state index in [1.54, 1.807) is 0 Å². The van der Waals surface area contributed by atoms with Crippen LogP contribution in [0.3, 0.4) is 0 Å². The van der Waals surface area contributed by atoms with Crippen molar-refractivity contribution in [2.24, 2.45) is 0 Å². The van der Waals surface area contributed by atoms with Crippen molar-refractivity contribution in [1.29, 1.82) is 0 Å². The molecule has 1 rings (SSSR count). The first-order chi connectivity index (χ1) is 8.18. The molecule has 0 radical (unpaired) electrons. The molecule has 1 aliphatic heterocycles. The summed E-state index contributed by atoms with van der Waals surface area (Å²) in [4.78, 5) is 21.1. The zero-order valence-corrected chi connectivity index (χ0v) is 12.3. The van der Waals surface area contributed by atoms with Gasteiger partial charge in [0.1, 0.15) is 18.3 Å². The molecule has 0 aromatic heterocycles. The molecular weight excluding hydrogens is 285 g/mol. The largest absolute Gasteiger partial charge is 1.00 e. The molecule has 0 bridgehead atoms. The van der Waals surface area contributed by atoms with Gasteiger partial charge in [-0.05, 0) is 7.60 Å². The molecule has 0 spiro atoms. The minimum atomic E-state index is -5.23. The fourth-order valence-electron chi connectivity index (χ4n) is 1.64. The van der Waals surface area contributed by atoms with Gasteiger partial charge in [0.25, 0.3) is 0 Å². The zero-order chi connectivity index (χ0) is 14.1. The summed E-state index contributed by atoms with van der Waals surface area (Å²) in [6, 6.07) is 0. The molecule has 108 valence electrons. The van der Waals surface area contributed by atoms with Crippen molar-refractivity contribution in [3.8, 4) is 0 Å². The van der Waals surface area contributed by atoms with Crippen LogP contribution in [0, 0.1) is 0 Å². The first kappa shape index (κ1) is 23.4. The minimum Gasteiger partial charge on any atom is -0.809 e. The number of methoxy groups -OCH3 is 1. The fourth-order valence-corrected chi connectivity index (χ4v) is 2.11. The molecule has 0 aliphatic carbocycles. The van der Waals surface area contributed by atoms with Crippen LogP contribution in [0.4, 0.5) is 0 Å². The Morgan fingerprint density at radius 1 is 1.20 bits per heavy atom. The maximum Gasteiger partial charge on any atom is 1.00 e. The quantitative estimate of drug-likeness (QED) is 0.291. The summed E-state index contributed by atoms with van der Waals surface area (Å²) in [6.07, 6.45) is -8.18. The van der Waals surface area contributed by atoms with Gasteiger partial charge in [-0.25, -0.2) is 0 Å². The fraction of sp³-hybridized carbons (Fsp3) is 1.00. The van der Waals surface area contributed by atoms with E-state index in [-0.39, 0.29) is 37.7 Å². The third-order valence-electron chi connectivity index (χ3n) is 2.71. The molecule has 20 heavy (non-hydrogen) atoms. The summed E-state index contributed by atoms with van der Waals surface area (Å²) in [7, 11) is -4.07. The summed E-state index contributed by atoms with van der Waals surface area (Å²) < 4.78 is 20.2. The topological polar surface area (TPSA) is 163 Å². The Kier molecular flexibility index (Phi) is 10.9. The molecule has 9 nitrogen and oxygen atoms in total. The van der Waals surface area contributed by atoms with Gasteiger partial charge in [-0.3, -0.25) is 0 Å². The summed E-state index contributed by atoms with van der Waals surface area (Å²) in [5.41, 5.74) is 0. The number of hydrogen-bond acceptors (Lipinski definition) is 9. The molecule has 1 aliphatic rings. The van der Waals surface area contributed by atoms with Crippen LogP contribution in [-0.4, -0.2) is 64.1 Å². The van der Waals surface area contributed by atoms with Crippen LogP contribution < -0.4 is 47.5 Å². The van der Waals surface area contributed by atoms with E-state index < -0.39 is 50.6 Å². The van der Waals surface area contributed by atoms with Gasteiger partial charge in [-0.15, -0.1) is 0 Å². The Morgan fingerprint density at radius 3 is 2.10 bits per heavy atom. The van der Waals surface area contributed by atoms with Gasteiger partial charge in [0.15, 0.2) is 6.29 Å². The van der Waals surface area contributed by atoms with Crippen LogP contribution >= 0.6 is 7.60 Å². The van der Waals surface area contributed by atoms with Crippen LogP contribution in [0.5, 0.6) is 0 Å². The average Bonchev–Trinajstić information content (AvgIpc) is 2.28. The third-order valence-corrected chi connectivity index (χ3v) is 3.65.